The minimum atomic E-state index is -0.363. The van der Waals surface area contributed by atoms with Crippen LogP contribution in [0, 0.1) is 5.82 Å². The molecular weight excluding hydrogens is 327 g/mol. The number of benzene rings is 1. The number of halogens is 2. The van der Waals surface area contributed by atoms with Crippen molar-refractivity contribution >= 4 is 28.8 Å². The summed E-state index contributed by atoms with van der Waals surface area (Å²) >= 11 is 0. The molecule has 112 valence electrons. The van der Waals surface area contributed by atoms with Crippen LogP contribution in [0.2, 0.25) is 0 Å². The van der Waals surface area contributed by atoms with Gasteiger partial charge in [0, 0.05) is 25.2 Å². The third-order valence-electron chi connectivity index (χ3n) is 2.33. The van der Waals surface area contributed by atoms with E-state index in [9.17, 15) is 9.18 Å². The lowest BCUT2D eigenvalue weighted by atomic mass is 10.2. The van der Waals surface area contributed by atoms with Crippen molar-refractivity contribution in [2.24, 2.45) is 10.7 Å². The summed E-state index contributed by atoms with van der Waals surface area (Å²) in [5, 5.41) is 5.58. The number of nitrogens with zero attached hydrogens (tertiary/aromatic N) is 1. The Balaban J connectivity index is 0.00000361. The van der Waals surface area contributed by atoms with Gasteiger partial charge in [-0.05, 0) is 30.7 Å². The third kappa shape index (κ3) is 7.08. The Morgan fingerprint density at radius 3 is 2.45 bits per heavy atom. The molecule has 0 atom stereocenters. The van der Waals surface area contributed by atoms with Crippen molar-refractivity contribution in [3.05, 3.63) is 35.6 Å². The molecule has 0 spiro atoms. The molecule has 0 unspecified atom stereocenters. The SMILES string of the molecule is Br.CCCN=C(N)NCCNC(=O)c1ccc(F)cc1. The van der Waals surface area contributed by atoms with Crippen LogP contribution in [0.4, 0.5) is 4.39 Å². The average Bonchev–Trinajstić information content (AvgIpc) is 2.41. The smallest absolute Gasteiger partial charge is 0.251 e. The Labute approximate surface area is 128 Å². The fourth-order valence-corrected chi connectivity index (χ4v) is 1.36. The molecule has 0 heterocycles. The normalized spacial score (nSPS) is 10.6. The first-order valence-corrected chi connectivity index (χ1v) is 6.21. The van der Waals surface area contributed by atoms with Crippen molar-refractivity contribution in [3.63, 3.8) is 0 Å². The Morgan fingerprint density at radius 2 is 1.85 bits per heavy atom. The van der Waals surface area contributed by atoms with Crippen molar-refractivity contribution in [1.29, 1.82) is 0 Å². The van der Waals surface area contributed by atoms with E-state index in [4.69, 9.17) is 5.73 Å². The minimum absolute atomic E-state index is 0. The molecule has 0 aromatic heterocycles. The van der Waals surface area contributed by atoms with E-state index in [0.29, 0.717) is 31.2 Å². The van der Waals surface area contributed by atoms with Crippen LogP contribution in [-0.2, 0) is 0 Å². The average molecular weight is 347 g/mol. The summed E-state index contributed by atoms with van der Waals surface area (Å²) in [7, 11) is 0. The summed E-state index contributed by atoms with van der Waals surface area (Å²) in [5.74, 6) is -0.234. The molecule has 1 amide bonds. The first-order chi connectivity index (χ1) is 9.13. The highest BCUT2D eigenvalue weighted by molar-refractivity contribution is 8.93. The minimum Gasteiger partial charge on any atom is -0.370 e. The van der Waals surface area contributed by atoms with Gasteiger partial charge in [-0.2, -0.15) is 0 Å². The molecule has 0 saturated heterocycles. The molecule has 1 rings (SSSR count). The van der Waals surface area contributed by atoms with Gasteiger partial charge in [0.2, 0.25) is 0 Å². The maximum absolute atomic E-state index is 12.7. The second-order valence-electron chi connectivity index (χ2n) is 3.96. The largest absolute Gasteiger partial charge is 0.370 e. The van der Waals surface area contributed by atoms with Crippen LogP contribution in [-0.4, -0.2) is 31.5 Å². The quantitative estimate of drug-likeness (QED) is 0.414. The molecule has 0 fully saturated rings. The number of hydrogen-bond donors (Lipinski definition) is 3. The van der Waals surface area contributed by atoms with Gasteiger partial charge in [0.15, 0.2) is 5.96 Å². The lowest BCUT2D eigenvalue weighted by Crippen LogP contribution is -2.38. The first-order valence-electron chi connectivity index (χ1n) is 6.21. The molecule has 0 aliphatic heterocycles. The van der Waals surface area contributed by atoms with E-state index in [1.165, 1.54) is 24.3 Å². The maximum atomic E-state index is 12.7. The summed E-state index contributed by atoms with van der Waals surface area (Å²) < 4.78 is 12.7. The van der Waals surface area contributed by atoms with Crippen LogP contribution >= 0.6 is 17.0 Å². The van der Waals surface area contributed by atoms with Crippen molar-refractivity contribution in [1.82, 2.24) is 10.6 Å². The molecule has 0 radical (unpaired) electrons. The van der Waals surface area contributed by atoms with Gasteiger partial charge < -0.3 is 16.4 Å². The molecular formula is C13H20BrFN4O. The van der Waals surface area contributed by atoms with Crippen molar-refractivity contribution in [3.8, 4) is 0 Å². The van der Waals surface area contributed by atoms with Gasteiger partial charge in [-0.3, -0.25) is 9.79 Å². The van der Waals surface area contributed by atoms with Gasteiger partial charge in [-0.1, -0.05) is 6.92 Å². The number of aliphatic imine (C=N–C) groups is 1. The van der Waals surface area contributed by atoms with Crippen LogP contribution in [0.15, 0.2) is 29.3 Å². The molecule has 0 aliphatic rings. The monoisotopic (exact) mass is 346 g/mol. The summed E-state index contributed by atoms with van der Waals surface area (Å²) in [6.45, 7) is 3.60. The summed E-state index contributed by atoms with van der Waals surface area (Å²) in [6, 6.07) is 5.38. The number of carbonyl (C=O) groups is 1. The molecule has 20 heavy (non-hydrogen) atoms. The zero-order valence-corrected chi connectivity index (χ0v) is 13.1. The van der Waals surface area contributed by atoms with E-state index in [0.717, 1.165) is 6.42 Å². The zero-order chi connectivity index (χ0) is 14.1. The molecule has 4 N–H and O–H groups in total. The number of hydrogen-bond acceptors (Lipinski definition) is 2. The Hall–Kier alpha value is -1.63. The van der Waals surface area contributed by atoms with Crippen LogP contribution in [0.1, 0.15) is 23.7 Å². The van der Waals surface area contributed by atoms with Gasteiger partial charge >= 0.3 is 0 Å². The number of nitrogens with two attached hydrogens (primary N) is 1. The van der Waals surface area contributed by atoms with E-state index >= 15 is 0 Å². The van der Waals surface area contributed by atoms with E-state index in [1.54, 1.807) is 0 Å². The lowest BCUT2D eigenvalue weighted by molar-refractivity contribution is 0.0954. The number of carbonyl (C=O) groups excluding carboxylic acids is 1. The molecule has 0 aliphatic carbocycles. The summed E-state index contributed by atoms with van der Waals surface area (Å²) in [4.78, 5) is 15.7. The van der Waals surface area contributed by atoms with E-state index in [-0.39, 0.29) is 28.7 Å². The number of amides is 1. The molecule has 1 aromatic carbocycles. The summed E-state index contributed by atoms with van der Waals surface area (Å²) in [5.41, 5.74) is 6.01. The molecule has 0 saturated carbocycles. The predicted octanol–water partition coefficient (Wildman–Crippen LogP) is 1.45. The van der Waals surface area contributed by atoms with Gasteiger partial charge in [0.05, 0.1) is 0 Å². The van der Waals surface area contributed by atoms with Gasteiger partial charge in [0.25, 0.3) is 5.91 Å². The van der Waals surface area contributed by atoms with Crippen molar-refractivity contribution in [2.75, 3.05) is 19.6 Å². The fourth-order valence-electron chi connectivity index (χ4n) is 1.36. The van der Waals surface area contributed by atoms with Gasteiger partial charge in [0.1, 0.15) is 5.82 Å². The maximum Gasteiger partial charge on any atom is 0.251 e. The van der Waals surface area contributed by atoms with E-state index in [1.807, 2.05) is 6.92 Å². The molecule has 0 bridgehead atoms. The van der Waals surface area contributed by atoms with Crippen LogP contribution < -0.4 is 16.4 Å². The van der Waals surface area contributed by atoms with Gasteiger partial charge in [-0.15, -0.1) is 17.0 Å². The van der Waals surface area contributed by atoms with Crippen molar-refractivity contribution in [2.45, 2.75) is 13.3 Å². The third-order valence-corrected chi connectivity index (χ3v) is 2.33. The molecule has 5 nitrogen and oxygen atoms in total. The fraction of sp³-hybridized carbons (Fsp3) is 0.385. The first kappa shape index (κ1) is 18.4. The van der Waals surface area contributed by atoms with E-state index < -0.39 is 0 Å². The number of guanidine groups is 1. The number of rotatable bonds is 6. The number of nitrogens with one attached hydrogen (secondary N) is 2. The highest BCUT2D eigenvalue weighted by atomic mass is 79.9. The second kappa shape index (κ2) is 10.2. The topological polar surface area (TPSA) is 79.5 Å². The Kier molecular flexibility index (Phi) is 9.36. The van der Waals surface area contributed by atoms with E-state index in [2.05, 4.69) is 15.6 Å². The zero-order valence-electron chi connectivity index (χ0n) is 11.4. The highest BCUT2D eigenvalue weighted by Gasteiger charge is 2.04. The van der Waals surface area contributed by atoms with Crippen LogP contribution in [0.25, 0.3) is 0 Å². The van der Waals surface area contributed by atoms with Crippen LogP contribution in [0.3, 0.4) is 0 Å². The Morgan fingerprint density at radius 1 is 1.25 bits per heavy atom. The van der Waals surface area contributed by atoms with Crippen LogP contribution in [0.5, 0.6) is 0 Å². The Bertz CT molecular complexity index is 437. The molecule has 7 heteroatoms. The van der Waals surface area contributed by atoms with Gasteiger partial charge in [-0.25, -0.2) is 4.39 Å². The molecule has 1 aromatic rings. The predicted molar refractivity (Wildman–Crippen MR) is 83.8 cm³/mol. The highest BCUT2D eigenvalue weighted by Crippen LogP contribution is 2.01. The van der Waals surface area contributed by atoms with Crippen molar-refractivity contribution < 1.29 is 9.18 Å². The summed E-state index contributed by atoms with van der Waals surface area (Å²) in [6.07, 6.45) is 0.934. The lowest BCUT2D eigenvalue weighted by Gasteiger charge is -2.07. The second-order valence-corrected chi connectivity index (χ2v) is 3.96. The standard InChI is InChI=1S/C13H19FN4O.BrH/c1-2-7-17-13(15)18-9-8-16-12(19)10-3-5-11(14)6-4-10;/h3-6H,2,7-9H2,1H3,(H,16,19)(H3,15,17,18);1H.